The Morgan fingerprint density at radius 3 is 2.25 bits per heavy atom. The van der Waals surface area contributed by atoms with Crippen molar-refractivity contribution in [3.05, 3.63) is 73.9 Å². The number of benzene rings is 2. The second-order valence-corrected chi connectivity index (χ2v) is 11.1. The lowest BCUT2D eigenvalue weighted by Crippen LogP contribution is -2.35. The van der Waals surface area contributed by atoms with Crippen LogP contribution in [0.25, 0.3) is 5.69 Å². The van der Waals surface area contributed by atoms with Crippen LogP contribution in [0.3, 0.4) is 0 Å². The van der Waals surface area contributed by atoms with Crippen molar-refractivity contribution in [3.8, 4) is 11.7 Å². The first-order valence-corrected chi connectivity index (χ1v) is 14.9. The van der Waals surface area contributed by atoms with Gasteiger partial charge < -0.3 is 20.9 Å². The van der Waals surface area contributed by atoms with Crippen LogP contribution >= 0.6 is 23.2 Å². The molecule has 2 amide bonds. The fourth-order valence-corrected chi connectivity index (χ4v) is 5.25. The number of nitrogen functional groups attached to an aromatic ring is 1. The van der Waals surface area contributed by atoms with Crippen molar-refractivity contribution >= 4 is 68.6 Å². The molecular formula is C24H21Cl2F3N10O8S. The minimum Gasteiger partial charge on any atom is -0.478 e. The molecule has 48 heavy (non-hydrogen) atoms. The average molecular weight is 737 g/mol. The van der Waals surface area contributed by atoms with Gasteiger partial charge in [-0.1, -0.05) is 35.3 Å². The SMILES string of the molecule is CCOc1nc(NC)nc(NC(=O)NS(=O)(=O)c2ccccc2C(=O)O)n1.Nc1c([N+](=O)[O-])cnn1-c1c(Cl)cc(C(F)(F)F)cc1Cl. The topological polar surface area (TPSA) is 259 Å². The third-order valence-corrected chi connectivity index (χ3v) is 7.48. The Morgan fingerprint density at radius 1 is 1.12 bits per heavy atom. The van der Waals surface area contributed by atoms with Crippen LogP contribution in [0.4, 0.5) is 41.4 Å². The molecule has 4 aromatic rings. The lowest BCUT2D eigenvalue weighted by Gasteiger charge is -2.12. The summed E-state index contributed by atoms with van der Waals surface area (Å²) in [6.45, 7) is 1.97. The Morgan fingerprint density at radius 2 is 1.73 bits per heavy atom. The average Bonchev–Trinajstić information content (AvgIpc) is 3.37. The first-order valence-electron chi connectivity index (χ1n) is 12.7. The minimum absolute atomic E-state index is 0.0776. The first kappa shape index (κ1) is 37.0. The molecule has 0 bridgehead atoms. The van der Waals surface area contributed by atoms with Gasteiger partial charge in [-0.05, 0) is 31.2 Å². The van der Waals surface area contributed by atoms with Crippen LogP contribution in [0.2, 0.25) is 10.0 Å². The first-order chi connectivity index (χ1) is 22.4. The zero-order valence-electron chi connectivity index (χ0n) is 24.1. The standard InChI is InChI=1S/C14H16N6O6S.C10H5Cl2F3N4O2/c1-3-26-14-18-11(15-2)16-12(19-14)17-13(23)20-27(24,25)9-7-5-4-6-8(9)10(21)22;11-5-1-4(10(13,14)15)2-6(12)8(5)18-9(16)7(3-17-18)19(20)21/h4-7H,3H2,1-2H3,(H,21,22)(H3,15,16,17,18,19,20,23);1-3H,16H2. The summed E-state index contributed by atoms with van der Waals surface area (Å²) in [4.78, 5) is 44.1. The molecule has 0 radical (unpaired) electrons. The van der Waals surface area contributed by atoms with Crippen LogP contribution in [-0.4, -0.2) is 68.8 Å². The summed E-state index contributed by atoms with van der Waals surface area (Å²) in [5.41, 5.74) is 3.30. The number of alkyl halides is 3. The smallest absolute Gasteiger partial charge is 0.416 e. The van der Waals surface area contributed by atoms with Gasteiger partial charge >= 0.3 is 29.9 Å². The van der Waals surface area contributed by atoms with E-state index in [-0.39, 0.29) is 40.2 Å². The zero-order chi connectivity index (χ0) is 36.0. The van der Waals surface area contributed by atoms with Crippen LogP contribution in [0.1, 0.15) is 22.8 Å². The van der Waals surface area contributed by atoms with E-state index in [9.17, 15) is 41.3 Å². The summed E-state index contributed by atoms with van der Waals surface area (Å²) in [7, 11) is -2.92. The number of carboxylic acids is 1. The molecule has 0 aliphatic heterocycles. The number of rotatable bonds is 9. The number of carbonyl (C=O) groups is 2. The molecule has 24 heteroatoms. The van der Waals surface area contributed by atoms with Gasteiger partial charge in [0.2, 0.25) is 17.7 Å². The van der Waals surface area contributed by atoms with Crippen LogP contribution < -0.4 is 25.8 Å². The predicted molar refractivity (Wildman–Crippen MR) is 163 cm³/mol. The van der Waals surface area contributed by atoms with Crippen molar-refractivity contribution in [2.75, 3.05) is 30.0 Å². The molecule has 0 saturated carbocycles. The minimum atomic E-state index is -4.63. The molecule has 2 aromatic carbocycles. The summed E-state index contributed by atoms with van der Waals surface area (Å²) < 4.78 is 70.1. The third-order valence-electron chi connectivity index (χ3n) is 5.51. The second kappa shape index (κ2) is 15.0. The van der Waals surface area contributed by atoms with Gasteiger partial charge in [0.05, 0.1) is 32.7 Å². The molecule has 0 fully saturated rings. The van der Waals surface area contributed by atoms with E-state index in [1.807, 2.05) is 0 Å². The predicted octanol–water partition coefficient (Wildman–Crippen LogP) is 4.21. The number of hydrogen-bond donors (Lipinski definition) is 5. The fourth-order valence-electron chi connectivity index (χ4n) is 3.50. The second-order valence-electron chi connectivity index (χ2n) is 8.68. The lowest BCUT2D eigenvalue weighted by atomic mass is 10.2. The highest BCUT2D eigenvalue weighted by Crippen LogP contribution is 2.39. The normalized spacial score (nSPS) is 11.1. The van der Waals surface area contributed by atoms with Gasteiger partial charge in [0, 0.05) is 7.05 Å². The van der Waals surface area contributed by atoms with Crippen LogP contribution in [0, 0.1) is 10.1 Å². The van der Waals surface area contributed by atoms with E-state index in [4.69, 9.17) is 38.8 Å². The fraction of sp³-hybridized carbons (Fsp3) is 0.167. The number of amides is 2. The number of nitro groups is 1. The number of ether oxygens (including phenoxy) is 1. The van der Waals surface area contributed by atoms with E-state index in [1.54, 1.807) is 11.6 Å². The van der Waals surface area contributed by atoms with Crippen molar-refractivity contribution in [2.45, 2.75) is 18.0 Å². The number of nitrogens with zero attached hydrogens (tertiary/aromatic N) is 6. The van der Waals surface area contributed by atoms with Gasteiger partial charge in [-0.2, -0.15) is 33.2 Å². The monoisotopic (exact) mass is 736 g/mol. The molecule has 0 aliphatic rings. The molecule has 2 heterocycles. The van der Waals surface area contributed by atoms with Gasteiger partial charge in [0.1, 0.15) is 16.8 Å². The number of carboxylic acid groups (broad SMARTS) is 1. The number of hydrogen-bond acceptors (Lipinski definition) is 13. The van der Waals surface area contributed by atoms with Gasteiger partial charge in [-0.15, -0.1) is 0 Å². The maximum absolute atomic E-state index is 12.6. The number of nitrogens with two attached hydrogens (primary N) is 1. The number of carbonyl (C=O) groups excluding carboxylic acids is 1. The lowest BCUT2D eigenvalue weighted by molar-refractivity contribution is -0.383. The van der Waals surface area contributed by atoms with E-state index >= 15 is 0 Å². The number of aromatic nitrogens is 5. The highest BCUT2D eigenvalue weighted by molar-refractivity contribution is 7.90. The Hall–Kier alpha value is -5.48. The number of aromatic carboxylic acids is 1. The van der Waals surface area contributed by atoms with Crippen molar-refractivity contribution in [2.24, 2.45) is 0 Å². The number of nitrogens with one attached hydrogen (secondary N) is 3. The van der Waals surface area contributed by atoms with Crippen LogP contribution in [-0.2, 0) is 16.2 Å². The van der Waals surface area contributed by atoms with Gasteiger partial charge in [0.25, 0.3) is 10.0 Å². The maximum atomic E-state index is 12.6. The summed E-state index contributed by atoms with van der Waals surface area (Å²) in [5.74, 6) is -2.03. The molecule has 2 aromatic heterocycles. The van der Waals surface area contributed by atoms with Crippen molar-refractivity contribution in [1.82, 2.24) is 29.5 Å². The van der Waals surface area contributed by atoms with Crippen LogP contribution in [0.5, 0.6) is 6.01 Å². The quantitative estimate of drug-likeness (QED) is 0.119. The highest BCUT2D eigenvalue weighted by Gasteiger charge is 2.33. The maximum Gasteiger partial charge on any atom is 0.416 e. The summed E-state index contributed by atoms with van der Waals surface area (Å²) in [6.07, 6.45) is -3.78. The highest BCUT2D eigenvalue weighted by atomic mass is 35.5. The van der Waals surface area contributed by atoms with Crippen molar-refractivity contribution < 1.29 is 45.9 Å². The molecule has 0 aliphatic carbocycles. The Balaban J connectivity index is 0.000000269. The molecule has 0 saturated heterocycles. The van der Waals surface area contributed by atoms with E-state index < -0.39 is 60.7 Å². The van der Waals surface area contributed by atoms with E-state index in [2.05, 4.69) is 30.7 Å². The molecule has 18 nitrogen and oxygen atoms in total. The van der Waals surface area contributed by atoms with Gasteiger partial charge in [0.15, 0.2) is 0 Å². The summed E-state index contributed by atoms with van der Waals surface area (Å²) in [6, 6.07) is 4.87. The van der Waals surface area contributed by atoms with Crippen molar-refractivity contribution in [1.29, 1.82) is 0 Å². The summed E-state index contributed by atoms with van der Waals surface area (Å²) in [5, 5.41) is 27.4. The molecule has 0 spiro atoms. The Labute approximate surface area is 277 Å². The van der Waals surface area contributed by atoms with E-state index in [0.29, 0.717) is 12.1 Å². The number of halogens is 5. The molecule has 0 unspecified atom stereocenters. The molecule has 256 valence electrons. The van der Waals surface area contributed by atoms with Gasteiger partial charge in [-0.25, -0.2) is 27.4 Å². The molecule has 4 rings (SSSR count). The third kappa shape index (κ3) is 8.86. The Bertz CT molecular complexity index is 1960. The molecule has 0 atom stereocenters. The van der Waals surface area contributed by atoms with E-state index in [1.165, 1.54) is 19.2 Å². The number of sulfonamides is 1. The van der Waals surface area contributed by atoms with Crippen LogP contribution in [0.15, 0.2) is 47.5 Å². The number of anilines is 3. The largest absolute Gasteiger partial charge is 0.478 e. The zero-order valence-corrected chi connectivity index (χ0v) is 26.4. The van der Waals surface area contributed by atoms with E-state index in [0.717, 1.165) is 23.0 Å². The van der Waals surface area contributed by atoms with Gasteiger partial charge in [-0.3, -0.25) is 15.4 Å². The molecule has 6 N–H and O–H groups in total. The van der Waals surface area contributed by atoms with Crippen molar-refractivity contribution in [3.63, 3.8) is 0 Å². The molecular weight excluding hydrogens is 716 g/mol. The summed E-state index contributed by atoms with van der Waals surface area (Å²) >= 11 is 11.5. The number of urea groups is 1. The Kier molecular flexibility index (Phi) is 11.5.